The van der Waals surface area contributed by atoms with Gasteiger partial charge in [0.15, 0.2) is 0 Å². The number of carbonyl (C=O) groups excluding carboxylic acids is 1. The minimum absolute atomic E-state index is 0.0590. The van der Waals surface area contributed by atoms with Crippen LogP contribution < -0.4 is 0 Å². The topological polar surface area (TPSA) is 66.8 Å². The van der Waals surface area contributed by atoms with Crippen molar-refractivity contribution in [1.82, 2.24) is 4.90 Å². The summed E-state index contributed by atoms with van der Waals surface area (Å²) in [5.74, 6) is -1.56. The molecule has 0 spiro atoms. The summed E-state index contributed by atoms with van der Waals surface area (Å²) in [7, 11) is 0. The van der Waals surface area contributed by atoms with Gasteiger partial charge >= 0.3 is 5.97 Å². The smallest absolute Gasteiger partial charge is 0.309 e. The summed E-state index contributed by atoms with van der Waals surface area (Å²) in [5, 5.41) is 10.4. The van der Waals surface area contributed by atoms with Gasteiger partial charge in [0, 0.05) is 28.6 Å². The molecule has 2 fully saturated rings. The zero-order valence-electron chi connectivity index (χ0n) is 13.3. The number of carbonyl (C=O) groups is 2. The number of fused-ring (bicyclic) bond motifs is 2. The summed E-state index contributed by atoms with van der Waals surface area (Å²) >= 11 is 1.65. The van der Waals surface area contributed by atoms with Gasteiger partial charge < -0.3 is 14.7 Å². The van der Waals surface area contributed by atoms with Crippen LogP contribution in [0, 0.1) is 11.8 Å². The summed E-state index contributed by atoms with van der Waals surface area (Å²) in [5.41, 5.74) is 0. The molecule has 126 valence electrons. The molecule has 0 bridgehead atoms. The Kier molecular flexibility index (Phi) is 3.81. The molecule has 1 N–H and O–H groups in total. The monoisotopic (exact) mass is 345 g/mol. The van der Waals surface area contributed by atoms with E-state index >= 15 is 0 Å². The molecule has 3 heterocycles. The van der Waals surface area contributed by atoms with Crippen molar-refractivity contribution in [1.29, 1.82) is 0 Å². The second kappa shape index (κ2) is 5.86. The van der Waals surface area contributed by atoms with Crippen molar-refractivity contribution >= 4 is 33.3 Å². The number of aliphatic carboxylic acids is 1. The van der Waals surface area contributed by atoms with Crippen LogP contribution in [0.15, 0.2) is 30.3 Å². The van der Waals surface area contributed by atoms with E-state index in [1.807, 2.05) is 19.1 Å². The molecule has 5 nitrogen and oxygen atoms in total. The molecule has 0 saturated carbocycles. The van der Waals surface area contributed by atoms with Gasteiger partial charge in [-0.3, -0.25) is 9.59 Å². The van der Waals surface area contributed by atoms with Crippen LogP contribution >= 0.6 is 11.3 Å². The number of likely N-dealkylation sites (tertiary alicyclic amines) is 1. The molecule has 0 aliphatic carbocycles. The lowest BCUT2D eigenvalue weighted by Crippen LogP contribution is -2.34. The molecular formula is C18H19NO4S. The van der Waals surface area contributed by atoms with Crippen LogP contribution in [0.4, 0.5) is 0 Å². The molecule has 1 aromatic carbocycles. The number of hydrogen-bond acceptors (Lipinski definition) is 4. The highest BCUT2D eigenvalue weighted by Crippen LogP contribution is 2.37. The number of thiophene rings is 1. The fourth-order valence-electron chi connectivity index (χ4n) is 3.76. The van der Waals surface area contributed by atoms with Crippen molar-refractivity contribution in [3.8, 4) is 0 Å². The predicted molar refractivity (Wildman–Crippen MR) is 91.2 cm³/mol. The Bertz CT molecular complexity index is 768. The molecule has 1 aromatic heterocycles. The average molecular weight is 345 g/mol. The van der Waals surface area contributed by atoms with E-state index in [0.717, 1.165) is 10.3 Å². The van der Waals surface area contributed by atoms with Crippen LogP contribution in [0.2, 0.25) is 0 Å². The largest absolute Gasteiger partial charge is 0.481 e. The minimum atomic E-state index is -0.825. The van der Waals surface area contributed by atoms with Gasteiger partial charge in [0.25, 0.3) is 0 Å². The first-order chi connectivity index (χ1) is 11.5. The zero-order valence-corrected chi connectivity index (χ0v) is 14.2. The third-order valence-electron chi connectivity index (χ3n) is 5.19. The minimum Gasteiger partial charge on any atom is -0.481 e. The van der Waals surface area contributed by atoms with Gasteiger partial charge in [-0.15, -0.1) is 11.3 Å². The fourth-order valence-corrected chi connectivity index (χ4v) is 4.87. The first-order valence-electron chi connectivity index (χ1n) is 8.16. The molecule has 1 unspecified atom stereocenters. The Hall–Kier alpha value is -1.92. The third kappa shape index (κ3) is 2.50. The number of carboxylic acid groups (broad SMARTS) is 1. The lowest BCUT2D eigenvalue weighted by Gasteiger charge is -2.21. The second-order valence-electron chi connectivity index (χ2n) is 6.63. The van der Waals surface area contributed by atoms with Crippen LogP contribution in [-0.4, -0.2) is 47.7 Å². The van der Waals surface area contributed by atoms with Gasteiger partial charge in [0.2, 0.25) is 5.91 Å². The SMILES string of the molecule is CC(C(=O)N1C[C@@H]2[C@H](C1)OC[C@@H]2C(=O)O)c1cc2ccccc2s1. The highest BCUT2D eigenvalue weighted by atomic mass is 32.1. The van der Waals surface area contributed by atoms with Gasteiger partial charge in [0.1, 0.15) is 0 Å². The molecule has 2 aromatic rings. The normalized spacial score (nSPS) is 27.4. The van der Waals surface area contributed by atoms with E-state index in [9.17, 15) is 14.7 Å². The summed E-state index contributed by atoms with van der Waals surface area (Å²) in [6.45, 7) is 3.17. The van der Waals surface area contributed by atoms with E-state index in [1.54, 1.807) is 16.2 Å². The number of amides is 1. The quantitative estimate of drug-likeness (QED) is 0.928. The lowest BCUT2D eigenvalue weighted by atomic mass is 9.93. The Balaban J connectivity index is 1.51. The highest BCUT2D eigenvalue weighted by molar-refractivity contribution is 7.19. The molecule has 4 rings (SSSR count). The zero-order chi connectivity index (χ0) is 16.8. The number of ether oxygens (including phenoxy) is 1. The van der Waals surface area contributed by atoms with E-state index in [-0.39, 0.29) is 30.5 Å². The third-order valence-corrected chi connectivity index (χ3v) is 6.49. The van der Waals surface area contributed by atoms with Crippen molar-refractivity contribution < 1.29 is 19.4 Å². The van der Waals surface area contributed by atoms with E-state index in [1.165, 1.54) is 4.70 Å². The molecule has 6 heteroatoms. The van der Waals surface area contributed by atoms with E-state index in [0.29, 0.717) is 13.1 Å². The first-order valence-corrected chi connectivity index (χ1v) is 8.98. The molecule has 0 radical (unpaired) electrons. The Labute approximate surface area is 143 Å². The van der Waals surface area contributed by atoms with E-state index in [2.05, 4.69) is 18.2 Å². The van der Waals surface area contributed by atoms with Crippen molar-refractivity contribution in [2.45, 2.75) is 18.9 Å². The van der Waals surface area contributed by atoms with Gasteiger partial charge in [-0.1, -0.05) is 18.2 Å². The van der Waals surface area contributed by atoms with Crippen LogP contribution in [0.1, 0.15) is 17.7 Å². The van der Waals surface area contributed by atoms with Gasteiger partial charge in [-0.2, -0.15) is 0 Å². The lowest BCUT2D eigenvalue weighted by molar-refractivity contribution is -0.143. The summed E-state index contributed by atoms with van der Waals surface area (Å²) in [6, 6.07) is 10.2. The van der Waals surface area contributed by atoms with E-state index < -0.39 is 11.9 Å². The maximum Gasteiger partial charge on any atom is 0.309 e. The van der Waals surface area contributed by atoms with Crippen LogP contribution in [0.3, 0.4) is 0 Å². The number of rotatable bonds is 3. The average Bonchev–Trinajstić information content (AvgIpc) is 3.25. The van der Waals surface area contributed by atoms with Gasteiger partial charge in [0.05, 0.1) is 24.5 Å². The van der Waals surface area contributed by atoms with Gasteiger partial charge in [-0.05, 0) is 24.4 Å². The van der Waals surface area contributed by atoms with Crippen molar-refractivity contribution in [3.63, 3.8) is 0 Å². The summed E-state index contributed by atoms with van der Waals surface area (Å²) in [4.78, 5) is 27.0. The van der Waals surface area contributed by atoms with Crippen LogP contribution in [0.25, 0.3) is 10.1 Å². The summed E-state index contributed by atoms with van der Waals surface area (Å²) in [6.07, 6.45) is -0.135. The molecule has 4 atom stereocenters. The first kappa shape index (κ1) is 15.6. The van der Waals surface area contributed by atoms with Crippen molar-refractivity contribution in [2.24, 2.45) is 11.8 Å². The Morgan fingerprint density at radius 1 is 1.33 bits per heavy atom. The molecule has 1 amide bonds. The standard InChI is InChI=1S/C18H19NO4S/c1-10(16-6-11-4-2-3-5-15(11)24-16)17(20)19-7-12-13(18(21)22)9-23-14(12)8-19/h2-6,10,12-14H,7-9H2,1H3,(H,21,22)/t10?,12-,13-,14-/m0/s1. The maximum absolute atomic E-state index is 12.9. The number of carboxylic acids is 1. The van der Waals surface area contributed by atoms with Gasteiger partial charge in [-0.25, -0.2) is 0 Å². The maximum atomic E-state index is 12.9. The number of nitrogens with zero attached hydrogens (tertiary/aromatic N) is 1. The van der Waals surface area contributed by atoms with Crippen molar-refractivity contribution in [2.75, 3.05) is 19.7 Å². The number of hydrogen-bond donors (Lipinski definition) is 1. The van der Waals surface area contributed by atoms with Crippen LogP contribution in [0.5, 0.6) is 0 Å². The Morgan fingerprint density at radius 2 is 2.12 bits per heavy atom. The second-order valence-corrected chi connectivity index (χ2v) is 7.75. The molecule has 2 aliphatic heterocycles. The summed E-state index contributed by atoms with van der Waals surface area (Å²) < 4.78 is 6.77. The molecular weight excluding hydrogens is 326 g/mol. The van der Waals surface area contributed by atoms with Crippen molar-refractivity contribution in [3.05, 3.63) is 35.2 Å². The number of benzene rings is 1. The predicted octanol–water partition coefficient (Wildman–Crippen LogP) is 2.56. The van der Waals surface area contributed by atoms with Crippen LogP contribution in [-0.2, 0) is 14.3 Å². The molecule has 2 aliphatic rings. The van der Waals surface area contributed by atoms with E-state index in [4.69, 9.17) is 4.74 Å². The Morgan fingerprint density at radius 3 is 2.88 bits per heavy atom. The molecule has 24 heavy (non-hydrogen) atoms. The molecule has 2 saturated heterocycles. The fraction of sp³-hybridized carbons (Fsp3) is 0.444. The highest BCUT2D eigenvalue weighted by Gasteiger charge is 2.48.